The first-order chi connectivity index (χ1) is 10.4. The lowest BCUT2D eigenvalue weighted by molar-refractivity contribution is 1.36. The second-order valence-electron chi connectivity index (χ2n) is 4.62. The zero-order valence-electron chi connectivity index (χ0n) is 12.1. The maximum Gasteiger partial charge on any atom is 0.0187 e. The lowest BCUT2D eigenvalue weighted by Gasteiger charge is -2.01. The number of thioether (sulfide) groups is 1. The third-order valence-corrected chi connectivity index (χ3v) is 3.96. The maximum atomic E-state index is 2.18. The molecule has 0 radical (unpaired) electrons. The van der Waals surface area contributed by atoms with Crippen molar-refractivity contribution < 1.29 is 0 Å². The first kappa shape index (κ1) is 15.4. The highest BCUT2D eigenvalue weighted by molar-refractivity contribution is 7.97. The van der Waals surface area contributed by atoms with E-state index in [0.29, 0.717) is 0 Å². The van der Waals surface area contributed by atoms with Crippen LogP contribution in [0.4, 0.5) is 0 Å². The molecule has 0 unspecified atom stereocenters. The predicted molar refractivity (Wildman–Crippen MR) is 94.3 cm³/mol. The highest BCUT2D eigenvalue weighted by atomic mass is 32.2. The van der Waals surface area contributed by atoms with Crippen molar-refractivity contribution in [3.05, 3.63) is 108 Å². The molecule has 106 valence electrons. The second kappa shape index (κ2) is 9.84. The topological polar surface area (TPSA) is 0 Å². The van der Waals surface area contributed by atoms with Gasteiger partial charge in [0.25, 0.3) is 0 Å². The molecular weight excluding hydrogens is 272 g/mol. The Morgan fingerprint density at radius 3 is 1.05 bits per heavy atom. The van der Waals surface area contributed by atoms with Crippen molar-refractivity contribution in [2.24, 2.45) is 0 Å². The van der Waals surface area contributed by atoms with Gasteiger partial charge in [-0.15, -0.1) is 0 Å². The van der Waals surface area contributed by atoms with E-state index < -0.39 is 0 Å². The molecule has 0 aliphatic heterocycles. The molecule has 0 heterocycles. The lowest BCUT2D eigenvalue weighted by atomic mass is 10.2. The summed E-state index contributed by atoms with van der Waals surface area (Å²) < 4.78 is 0. The summed E-state index contributed by atoms with van der Waals surface area (Å²) in [5, 5.41) is 0. The molecule has 0 bridgehead atoms. The molecule has 0 spiro atoms. The molecule has 0 aliphatic carbocycles. The number of hydrogen-bond donors (Lipinski definition) is 0. The first-order valence-electron chi connectivity index (χ1n) is 7.11. The van der Waals surface area contributed by atoms with Crippen LogP contribution in [-0.4, -0.2) is 0 Å². The minimum atomic E-state index is 1.09. The maximum absolute atomic E-state index is 2.18. The molecule has 0 aromatic heterocycles. The van der Waals surface area contributed by atoms with Gasteiger partial charge in [-0.05, 0) is 11.1 Å². The molecule has 3 aromatic rings. The summed E-state index contributed by atoms with van der Waals surface area (Å²) in [6.07, 6.45) is 0. The Hall–Kier alpha value is -1.99. The van der Waals surface area contributed by atoms with Crippen molar-refractivity contribution in [1.82, 2.24) is 0 Å². The van der Waals surface area contributed by atoms with Crippen LogP contribution < -0.4 is 0 Å². The van der Waals surface area contributed by atoms with Gasteiger partial charge in [0, 0.05) is 11.5 Å². The molecule has 0 atom stereocenters. The van der Waals surface area contributed by atoms with Crippen LogP contribution in [0.25, 0.3) is 0 Å². The Morgan fingerprint density at radius 2 is 0.714 bits per heavy atom. The fourth-order valence-electron chi connectivity index (χ4n) is 1.82. The number of hydrogen-bond acceptors (Lipinski definition) is 1. The minimum absolute atomic E-state index is 1.09. The van der Waals surface area contributed by atoms with Gasteiger partial charge in [-0.2, -0.15) is 11.8 Å². The summed E-state index contributed by atoms with van der Waals surface area (Å²) in [5.74, 6) is 2.19. The molecule has 0 saturated carbocycles. The third-order valence-electron chi connectivity index (χ3n) is 2.89. The van der Waals surface area contributed by atoms with Gasteiger partial charge in [0.2, 0.25) is 0 Å². The normalized spacial score (nSPS) is 9.52. The van der Waals surface area contributed by atoms with E-state index in [-0.39, 0.29) is 0 Å². The van der Waals surface area contributed by atoms with E-state index in [1.54, 1.807) is 0 Å². The van der Waals surface area contributed by atoms with Gasteiger partial charge < -0.3 is 0 Å². The van der Waals surface area contributed by atoms with E-state index in [9.17, 15) is 0 Å². The number of rotatable bonds is 4. The fraction of sp³-hybridized carbons (Fsp3) is 0.100. The van der Waals surface area contributed by atoms with Gasteiger partial charge in [0.05, 0.1) is 0 Å². The molecule has 1 heteroatoms. The molecule has 0 nitrogen and oxygen atoms in total. The second-order valence-corrected chi connectivity index (χ2v) is 5.60. The van der Waals surface area contributed by atoms with Crippen LogP contribution in [0, 0.1) is 0 Å². The van der Waals surface area contributed by atoms with E-state index >= 15 is 0 Å². The summed E-state index contributed by atoms with van der Waals surface area (Å²) in [6, 6.07) is 33.2. The first-order valence-corrected chi connectivity index (χ1v) is 8.26. The van der Waals surface area contributed by atoms with Crippen LogP contribution >= 0.6 is 11.8 Å². The molecule has 0 aliphatic rings. The Kier molecular flexibility index (Phi) is 7.22. The van der Waals surface area contributed by atoms with E-state index in [1.807, 2.05) is 48.2 Å². The summed E-state index contributed by atoms with van der Waals surface area (Å²) in [4.78, 5) is 0. The van der Waals surface area contributed by atoms with E-state index in [0.717, 1.165) is 11.5 Å². The largest absolute Gasteiger partial charge is 0.152 e. The number of benzene rings is 3. The van der Waals surface area contributed by atoms with Crippen LogP contribution in [-0.2, 0) is 11.5 Å². The van der Waals surface area contributed by atoms with Crippen LogP contribution in [0.1, 0.15) is 11.1 Å². The third kappa shape index (κ3) is 6.82. The molecular formula is C20H20S. The minimum Gasteiger partial charge on any atom is -0.152 e. The molecule has 3 aromatic carbocycles. The van der Waals surface area contributed by atoms with Gasteiger partial charge in [0.15, 0.2) is 0 Å². The quantitative estimate of drug-likeness (QED) is 0.585. The van der Waals surface area contributed by atoms with Gasteiger partial charge >= 0.3 is 0 Å². The van der Waals surface area contributed by atoms with Gasteiger partial charge in [-0.25, -0.2) is 0 Å². The van der Waals surface area contributed by atoms with Gasteiger partial charge in [-0.1, -0.05) is 97.1 Å². The molecule has 0 saturated heterocycles. The van der Waals surface area contributed by atoms with Crippen molar-refractivity contribution in [1.29, 1.82) is 0 Å². The van der Waals surface area contributed by atoms with Crippen LogP contribution in [0.2, 0.25) is 0 Å². The van der Waals surface area contributed by atoms with Crippen molar-refractivity contribution in [3.8, 4) is 0 Å². The monoisotopic (exact) mass is 292 g/mol. The SMILES string of the molecule is c1ccc(CSCc2ccccc2)cc1.c1ccccc1. The standard InChI is InChI=1S/C14H14S.C6H6/c1-3-7-13(8-4-1)11-15-12-14-9-5-2-6-10-14;1-2-4-6-5-3-1/h1-10H,11-12H2;1-6H. The molecule has 0 fully saturated rings. The van der Waals surface area contributed by atoms with Crippen molar-refractivity contribution in [3.63, 3.8) is 0 Å². The summed E-state index contributed by atoms with van der Waals surface area (Å²) in [6.45, 7) is 0. The highest BCUT2D eigenvalue weighted by Gasteiger charge is 1.93. The molecule has 0 N–H and O–H groups in total. The van der Waals surface area contributed by atoms with Gasteiger partial charge in [0.1, 0.15) is 0 Å². The van der Waals surface area contributed by atoms with Crippen molar-refractivity contribution >= 4 is 11.8 Å². The summed E-state index contributed by atoms with van der Waals surface area (Å²) in [5.41, 5.74) is 2.80. The Bertz CT molecular complexity index is 510. The lowest BCUT2D eigenvalue weighted by Crippen LogP contribution is -1.82. The molecule has 0 amide bonds. The molecule has 3 rings (SSSR count). The zero-order valence-corrected chi connectivity index (χ0v) is 12.9. The van der Waals surface area contributed by atoms with Crippen LogP contribution in [0.3, 0.4) is 0 Å². The highest BCUT2D eigenvalue weighted by Crippen LogP contribution is 2.17. The van der Waals surface area contributed by atoms with Gasteiger partial charge in [-0.3, -0.25) is 0 Å². The smallest absolute Gasteiger partial charge is 0.0187 e. The zero-order chi connectivity index (χ0) is 14.6. The van der Waals surface area contributed by atoms with E-state index in [1.165, 1.54) is 11.1 Å². The van der Waals surface area contributed by atoms with E-state index in [2.05, 4.69) is 60.7 Å². The molecule has 21 heavy (non-hydrogen) atoms. The Morgan fingerprint density at radius 1 is 0.429 bits per heavy atom. The summed E-state index contributed by atoms with van der Waals surface area (Å²) >= 11 is 1.96. The average molecular weight is 292 g/mol. The van der Waals surface area contributed by atoms with E-state index in [4.69, 9.17) is 0 Å². The predicted octanol–water partition coefficient (Wildman–Crippen LogP) is 5.81. The van der Waals surface area contributed by atoms with Crippen LogP contribution in [0.5, 0.6) is 0 Å². The Labute approximate surface area is 131 Å². The van der Waals surface area contributed by atoms with Crippen LogP contribution in [0.15, 0.2) is 97.1 Å². The average Bonchev–Trinajstić information content (AvgIpc) is 2.59. The van der Waals surface area contributed by atoms with Crippen molar-refractivity contribution in [2.45, 2.75) is 11.5 Å². The Balaban J connectivity index is 0.000000225. The fourth-order valence-corrected chi connectivity index (χ4v) is 2.78. The van der Waals surface area contributed by atoms with Crippen molar-refractivity contribution in [2.75, 3.05) is 0 Å². The summed E-state index contributed by atoms with van der Waals surface area (Å²) in [7, 11) is 0.